The van der Waals surface area contributed by atoms with Crippen molar-refractivity contribution in [2.24, 2.45) is 0 Å². The number of rotatable bonds is 48. The van der Waals surface area contributed by atoms with Gasteiger partial charge in [-0.05, 0) is 91.1 Å². The van der Waals surface area contributed by atoms with Crippen LogP contribution in [0.25, 0.3) is 0 Å². The van der Waals surface area contributed by atoms with E-state index in [9.17, 15) is 38.4 Å². The zero-order chi connectivity index (χ0) is 57.9. The fourth-order valence-electron chi connectivity index (χ4n) is 7.08. The Morgan fingerprint density at radius 1 is 0.355 bits per heavy atom. The van der Waals surface area contributed by atoms with Gasteiger partial charge >= 0.3 is 41.8 Å². The maximum atomic E-state index is 14.0. The van der Waals surface area contributed by atoms with Gasteiger partial charge in [-0.1, -0.05) is 139 Å². The van der Waals surface area contributed by atoms with Crippen molar-refractivity contribution in [3.8, 4) is 0 Å². The first kappa shape index (κ1) is 78.2. The molecule has 0 aromatic carbocycles. The molecule has 0 atom stereocenters. The second kappa shape index (κ2) is 60.0. The fraction of sp³-hybridized carbons (Fsp3) is 0.864. The number of nitrogens with one attached hydrogen (secondary N) is 1. The molecule has 1 amide bonds. The number of hydrogen-bond acceptors (Lipinski definition) is 16. The molecule has 0 unspecified atom stereocenters. The average Bonchev–Trinajstić information content (AvgIpc) is 3.40. The summed E-state index contributed by atoms with van der Waals surface area (Å²) in [5, 5.41) is 2.64. The first-order chi connectivity index (χ1) is 36.8. The third-order valence-electron chi connectivity index (χ3n) is 11.3. The van der Waals surface area contributed by atoms with Crippen LogP contribution in [0.15, 0.2) is 0 Å². The normalized spacial score (nSPS) is 10.5. The molecule has 0 aliphatic carbocycles. The van der Waals surface area contributed by atoms with Gasteiger partial charge in [0.15, 0.2) is 0 Å². The SMILES string of the molecule is CC.CC.CC.CCCCCCCC(=O)OCCCCCOC(=O)CC(CC(=O)OCCCCCOC(=O)CCCCCCC)(OC(=O)CCNC(=O)CCN(C)C)C(=O)OCCCCCOC(=O)CCCCCCC. The Bertz CT molecular complexity index is 1370. The molecular formula is C59H112N2O15. The fourth-order valence-corrected chi connectivity index (χ4v) is 7.08. The molecule has 0 bridgehead atoms. The predicted octanol–water partition coefficient (Wildman–Crippen LogP) is 12.4. The summed E-state index contributed by atoms with van der Waals surface area (Å²) in [6.45, 7) is 19.2. The molecule has 448 valence electrons. The Balaban J connectivity index is -0.00000415. The van der Waals surface area contributed by atoms with Gasteiger partial charge in [0, 0.05) is 38.8 Å². The topological polar surface area (TPSA) is 216 Å². The van der Waals surface area contributed by atoms with Crippen molar-refractivity contribution in [2.75, 3.05) is 66.8 Å². The summed E-state index contributed by atoms with van der Waals surface area (Å²) in [7, 11) is 3.64. The van der Waals surface area contributed by atoms with Gasteiger partial charge in [-0.25, -0.2) is 4.79 Å². The van der Waals surface area contributed by atoms with Gasteiger partial charge in [0.25, 0.3) is 0 Å². The third kappa shape index (κ3) is 53.1. The Morgan fingerprint density at radius 2 is 0.658 bits per heavy atom. The van der Waals surface area contributed by atoms with Crippen molar-refractivity contribution in [3.05, 3.63) is 0 Å². The summed E-state index contributed by atoms with van der Waals surface area (Å²) in [6.07, 6.45) is 19.1. The monoisotopic (exact) mass is 1090 g/mol. The van der Waals surface area contributed by atoms with Crippen molar-refractivity contribution in [2.45, 2.75) is 267 Å². The van der Waals surface area contributed by atoms with E-state index in [1.807, 2.05) is 60.5 Å². The van der Waals surface area contributed by atoms with Crippen molar-refractivity contribution in [3.63, 3.8) is 0 Å². The Labute approximate surface area is 461 Å². The van der Waals surface area contributed by atoms with Gasteiger partial charge in [0.05, 0.1) is 58.9 Å². The molecule has 0 aromatic rings. The summed E-state index contributed by atoms with van der Waals surface area (Å²) in [6, 6.07) is 0. The summed E-state index contributed by atoms with van der Waals surface area (Å²) in [5.74, 6) is -4.99. The molecule has 17 nitrogen and oxygen atoms in total. The lowest BCUT2D eigenvalue weighted by atomic mass is 9.94. The highest BCUT2D eigenvalue weighted by Crippen LogP contribution is 2.27. The molecule has 0 fully saturated rings. The number of ether oxygens (including phenoxy) is 7. The number of esters is 7. The van der Waals surface area contributed by atoms with E-state index in [1.54, 1.807) is 0 Å². The number of hydrogen-bond donors (Lipinski definition) is 1. The van der Waals surface area contributed by atoms with Gasteiger partial charge in [-0.15, -0.1) is 0 Å². The molecule has 17 heteroatoms. The van der Waals surface area contributed by atoms with Gasteiger partial charge in [0.1, 0.15) is 0 Å². The zero-order valence-corrected chi connectivity index (χ0v) is 50.1. The van der Waals surface area contributed by atoms with Crippen LogP contribution >= 0.6 is 0 Å². The molecule has 0 saturated heterocycles. The lowest BCUT2D eigenvalue weighted by molar-refractivity contribution is -0.191. The first-order valence-electron chi connectivity index (χ1n) is 29.9. The Morgan fingerprint density at radius 3 is 0.987 bits per heavy atom. The summed E-state index contributed by atoms with van der Waals surface area (Å²) >= 11 is 0. The molecule has 1 N–H and O–H groups in total. The lowest BCUT2D eigenvalue weighted by Gasteiger charge is -2.30. The number of unbranched alkanes of at least 4 members (excludes halogenated alkanes) is 18. The molecule has 0 aromatic heterocycles. The van der Waals surface area contributed by atoms with E-state index >= 15 is 0 Å². The smallest absolute Gasteiger partial charge is 0.351 e. The van der Waals surface area contributed by atoms with Crippen LogP contribution in [0.1, 0.15) is 261 Å². The van der Waals surface area contributed by atoms with Gasteiger partial charge < -0.3 is 43.4 Å². The quantitative estimate of drug-likeness (QED) is 0.0340. The van der Waals surface area contributed by atoms with Crippen LogP contribution < -0.4 is 5.32 Å². The van der Waals surface area contributed by atoms with E-state index in [0.717, 1.165) is 96.3 Å². The molecule has 0 aliphatic rings. The second-order valence-corrected chi connectivity index (χ2v) is 18.4. The first-order valence-corrected chi connectivity index (χ1v) is 29.9. The minimum atomic E-state index is -2.46. The van der Waals surface area contributed by atoms with E-state index in [2.05, 4.69) is 26.1 Å². The van der Waals surface area contributed by atoms with Crippen molar-refractivity contribution in [1.29, 1.82) is 0 Å². The molecule has 0 saturated carbocycles. The van der Waals surface area contributed by atoms with Crippen molar-refractivity contribution < 1.29 is 71.5 Å². The van der Waals surface area contributed by atoms with Gasteiger partial charge in [-0.2, -0.15) is 0 Å². The maximum Gasteiger partial charge on any atom is 0.351 e. The molecular weight excluding hydrogens is 977 g/mol. The van der Waals surface area contributed by atoms with Crippen molar-refractivity contribution in [1.82, 2.24) is 10.2 Å². The second-order valence-electron chi connectivity index (χ2n) is 18.4. The maximum absolute atomic E-state index is 14.0. The molecule has 76 heavy (non-hydrogen) atoms. The molecule has 0 rings (SSSR count). The van der Waals surface area contributed by atoms with Gasteiger partial charge in [0.2, 0.25) is 11.5 Å². The number of carbonyl (C=O) groups excluding carboxylic acids is 8. The lowest BCUT2D eigenvalue weighted by Crippen LogP contribution is -2.49. The molecule has 0 spiro atoms. The minimum absolute atomic E-state index is 0.0512. The van der Waals surface area contributed by atoms with E-state index in [1.165, 1.54) is 0 Å². The average molecular weight is 1090 g/mol. The number of carbonyl (C=O) groups is 8. The van der Waals surface area contributed by atoms with E-state index in [4.69, 9.17) is 33.2 Å². The van der Waals surface area contributed by atoms with Crippen LogP contribution in [-0.4, -0.2) is 125 Å². The van der Waals surface area contributed by atoms with Crippen molar-refractivity contribution >= 4 is 47.7 Å². The summed E-state index contributed by atoms with van der Waals surface area (Å²) in [4.78, 5) is 105. The van der Waals surface area contributed by atoms with Gasteiger partial charge in [-0.3, -0.25) is 33.6 Å². The van der Waals surface area contributed by atoms with E-state index in [0.29, 0.717) is 83.6 Å². The molecule has 0 radical (unpaired) electrons. The third-order valence-corrected chi connectivity index (χ3v) is 11.3. The van der Waals surface area contributed by atoms with Crippen LogP contribution in [0.2, 0.25) is 0 Å². The highest BCUT2D eigenvalue weighted by molar-refractivity contribution is 5.92. The predicted molar refractivity (Wildman–Crippen MR) is 300 cm³/mol. The minimum Gasteiger partial charge on any atom is -0.466 e. The highest BCUT2D eigenvalue weighted by Gasteiger charge is 2.49. The Kier molecular flexibility index (Phi) is 61.7. The molecule has 0 aliphatic heterocycles. The number of amides is 1. The largest absolute Gasteiger partial charge is 0.466 e. The van der Waals surface area contributed by atoms with E-state index < -0.39 is 42.3 Å². The number of nitrogens with zero attached hydrogens (tertiary/aromatic N) is 1. The summed E-state index contributed by atoms with van der Waals surface area (Å²) in [5.41, 5.74) is -2.46. The molecule has 0 heterocycles. The van der Waals surface area contributed by atoms with E-state index in [-0.39, 0.29) is 82.8 Å². The van der Waals surface area contributed by atoms with Crippen LogP contribution in [-0.2, 0) is 71.5 Å². The van der Waals surface area contributed by atoms with Crippen LogP contribution in [0.5, 0.6) is 0 Å². The Hall–Kier alpha value is -4.28. The zero-order valence-electron chi connectivity index (χ0n) is 50.1. The highest BCUT2D eigenvalue weighted by atomic mass is 16.6. The van der Waals surface area contributed by atoms with Crippen LogP contribution in [0.3, 0.4) is 0 Å². The van der Waals surface area contributed by atoms with Crippen LogP contribution in [0.4, 0.5) is 0 Å². The van der Waals surface area contributed by atoms with Crippen LogP contribution in [0, 0.1) is 0 Å². The standard InChI is InChI=1S/C53H94N2O15.3C2H6/c1-6-9-12-15-21-30-46(57)64-37-24-18-27-40-67-50(61)43-53(70-49(60)33-35-54-45(56)34-36-55(4)5,52(63)69-42-29-20-26-39-66-48(59)32-23-17-14-11-8-3)44-51(62)68-41-28-19-25-38-65-47(58)31-22-16-13-10-7-2;3*1-2/h6-44H2,1-5H3,(H,54,56);3*1-2H3. The summed E-state index contributed by atoms with van der Waals surface area (Å²) < 4.78 is 38.2.